The van der Waals surface area contributed by atoms with E-state index in [1.807, 2.05) is 0 Å². The lowest BCUT2D eigenvalue weighted by atomic mass is 9.99. The van der Waals surface area contributed by atoms with Crippen molar-refractivity contribution in [1.29, 1.82) is 0 Å². The van der Waals surface area contributed by atoms with Crippen LogP contribution in [-0.2, 0) is 0 Å². The van der Waals surface area contributed by atoms with Crippen LogP contribution in [-0.4, -0.2) is 24.2 Å². The van der Waals surface area contributed by atoms with Crippen molar-refractivity contribution in [2.45, 2.75) is 79.6 Å². The minimum atomic E-state index is 0.486. The van der Waals surface area contributed by atoms with Gasteiger partial charge in [-0.3, -0.25) is 0 Å². The van der Waals surface area contributed by atoms with E-state index in [-0.39, 0.29) is 0 Å². The van der Waals surface area contributed by atoms with Gasteiger partial charge in [0.15, 0.2) is 0 Å². The first kappa shape index (κ1) is 23.9. The summed E-state index contributed by atoms with van der Waals surface area (Å²) in [5.74, 6) is 0. The highest BCUT2D eigenvalue weighted by Gasteiger charge is 2.15. The molecule has 0 radical (unpaired) electrons. The van der Waals surface area contributed by atoms with E-state index < -0.39 is 0 Å². The number of hydrogen-bond acceptors (Lipinski definition) is 2. The third kappa shape index (κ3) is 5.35. The molecule has 3 aromatic carbocycles. The molecule has 0 saturated heterocycles. The molecule has 3 rings (SSSR count). The van der Waals surface area contributed by atoms with E-state index in [0.717, 1.165) is 0 Å². The lowest BCUT2D eigenvalue weighted by Crippen LogP contribution is -2.36. The van der Waals surface area contributed by atoms with Gasteiger partial charge in [-0.05, 0) is 102 Å². The molecular formula is C30H40N2. The van der Waals surface area contributed by atoms with E-state index in [2.05, 4.69) is 138 Å². The number of benzene rings is 3. The van der Waals surface area contributed by atoms with Gasteiger partial charge in [-0.2, -0.15) is 0 Å². The third-order valence-corrected chi connectivity index (χ3v) is 6.11. The van der Waals surface area contributed by atoms with Crippen molar-refractivity contribution in [3.8, 4) is 22.3 Å². The van der Waals surface area contributed by atoms with E-state index in [9.17, 15) is 0 Å². The van der Waals surface area contributed by atoms with Crippen molar-refractivity contribution in [2.75, 3.05) is 9.80 Å². The molecule has 0 aliphatic rings. The van der Waals surface area contributed by atoms with Crippen LogP contribution < -0.4 is 9.80 Å². The summed E-state index contributed by atoms with van der Waals surface area (Å²) in [4.78, 5) is 4.91. The third-order valence-electron chi connectivity index (χ3n) is 6.11. The Morgan fingerprint density at radius 1 is 0.344 bits per heavy atom. The largest absolute Gasteiger partial charge is 0.367 e. The quantitative estimate of drug-likeness (QED) is 0.356. The Labute approximate surface area is 195 Å². The predicted molar refractivity (Wildman–Crippen MR) is 143 cm³/mol. The molecule has 0 heterocycles. The van der Waals surface area contributed by atoms with Crippen molar-refractivity contribution in [3.05, 3.63) is 72.8 Å². The smallest absolute Gasteiger partial charge is 0.0371 e. The molecule has 0 spiro atoms. The van der Waals surface area contributed by atoms with Gasteiger partial charge in [0, 0.05) is 35.5 Å². The zero-order valence-corrected chi connectivity index (χ0v) is 21.1. The second-order valence-corrected chi connectivity index (χ2v) is 9.86. The molecule has 2 nitrogen and oxygen atoms in total. The lowest BCUT2D eigenvalue weighted by Gasteiger charge is -2.33. The monoisotopic (exact) mass is 428 g/mol. The maximum absolute atomic E-state index is 2.45. The normalized spacial score (nSPS) is 11.6. The van der Waals surface area contributed by atoms with E-state index in [1.165, 1.54) is 33.6 Å². The summed E-state index contributed by atoms with van der Waals surface area (Å²) in [6, 6.07) is 28.8. The van der Waals surface area contributed by atoms with Crippen LogP contribution in [0.1, 0.15) is 55.4 Å². The van der Waals surface area contributed by atoms with Crippen LogP contribution in [0.5, 0.6) is 0 Å². The molecule has 0 aliphatic carbocycles. The summed E-state index contributed by atoms with van der Waals surface area (Å²) >= 11 is 0. The summed E-state index contributed by atoms with van der Waals surface area (Å²) in [5, 5.41) is 0. The van der Waals surface area contributed by atoms with Crippen LogP contribution >= 0.6 is 0 Å². The van der Waals surface area contributed by atoms with Crippen LogP contribution in [0.4, 0.5) is 11.4 Å². The van der Waals surface area contributed by atoms with Gasteiger partial charge in [-0.25, -0.2) is 0 Å². The van der Waals surface area contributed by atoms with E-state index in [1.54, 1.807) is 0 Å². The highest BCUT2D eigenvalue weighted by molar-refractivity contribution is 5.72. The predicted octanol–water partition coefficient (Wildman–Crippen LogP) is 8.27. The van der Waals surface area contributed by atoms with Crippen LogP contribution in [0, 0.1) is 0 Å². The molecule has 32 heavy (non-hydrogen) atoms. The highest BCUT2D eigenvalue weighted by Crippen LogP contribution is 2.29. The molecule has 170 valence electrons. The average molecular weight is 429 g/mol. The van der Waals surface area contributed by atoms with Crippen molar-refractivity contribution in [2.24, 2.45) is 0 Å². The molecule has 0 aromatic heterocycles. The molecule has 2 heteroatoms. The first-order chi connectivity index (χ1) is 15.2. The molecule has 0 saturated carbocycles. The Balaban J connectivity index is 1.78. The molecule has 0 atom stereocenters. The Hall–Kier alpha value is -2.74. The highest BCUT2D eigenvalue weighted by atomic mass is 15.2. The minimum absolute atomic E-state index is 0.486. The molecule has 0 bridgehead atoms. The summed E-state index contributed by atoms with van der Waals surface area (Å²) in [5.41, 5.74) is 7.59. The molecule has 0 aliphatic heterocycles. The number of nitrogens with zero attached hydrogens (tertiary/aromatic N) is 2. The van der Waals surface area contributed by atoms with Gasteiger partial charge in [0.05, 0.1) is 0 Å². The van der Waals surface area contributed by atoms with Crippen molar-refractivity contribution >= 4 is 11.4 Å². The van der Waals surface area contributed by atoms with Gasteiger partial charge < -0.3 is 9.80 Å². The van der Waals surface area contributed by atoms with Crippen LogP contribution in [0.25, 0.3) is 22.3 Å². The zero-order valence-electron chi connectivity index (χ0n) is 21.1. The summed E-state index contributed by atoms with van der Waals surface area (Å²) in [7, 11) is 0. The lowest BCUT2D eigenvalue weighted by molar-refractivity contribution is 0.608. The van der Waals surface area contributed by atoms with E-state index in [4.69, 9.17) is 0 Å². The number of hydrogen-bond donors (Lipinski definition) is 0. The topological polar surface area (TPSA) is 6.48 Å². The fraction of sp³-hybridized carbons (Fsp3) is 0.400. The Morgan fingerprint density at radius 3 is 0.719 bits per heavy atom. The standard InChI is InChI=1S/C30H40N2/c1-21(2)31(22(3)4)29-17-13-27(14-18-29)25-9-11-26(12-10-25)28-15-19-30(20-16-28)32(23(5)6)24(7)8/h9-24H,1-8H3. The van der Waals surface area contributed by atoms with Crippen LogP contribution in [0.15, 0.2) is 72.8 Å². The second-order valence-electron chi connectivity index (χ2n) is 9.86. The van der Waals surface area contributed by atoms with Crippen molar-refractivity contribution < 1.29 is 0 Å². The Kier molecular flexibility index (Phi) is 7.66. The van der Waals surface area contributed by atoms with Gasteiger partial charge in [0.2, 0.25) is 0 Å². The number of rotatable bonds is 8. The van der Waals surface area contributed by atoms with Crippen molar-refractivity contribution in [1.82, 2.24) is 0 Å². The van der Waals surface area contributed by atoms with E-state index in [0.29, 0.717) is 24.2 Å². The molecular weight excluding hydrogens is 388 g/mol. The number of anilines is 2. The first-order valence-corrected chi connectivity index (χ1v) is 12.1. The summed E-state index contributed by atoms with van der Waals surface area (Å²) in [6.07, 6.45) is 0. The molecule has 0 unspecified atom stereocenters. The molecule has 0 N–H and O–H groups in total. The van der Waals surface area contributed by atoms with Gasteiger partial charge in [-0.1, -0.05) is 48.5 Å². The first-order valence-electron chi connectivity index (χ1n) is 12.1. The fourth-order valence-corrected chi connectivity index (χ4v) is 4.89. The van der Waals surface area contributed by atoms with Gasteiger partial charge in [-0.15, -0.1) is 0 Å². The Morgan fingerprint density at radius 2 is 0.531 bits per heavy atom. The van der Waals surface area contributed by atoms with Gasteiger partial charge in [0.1, 0.15) is 0 Å². The van der Waals surface area contributed by atoms with Crippen LogP contribution in [0.3, 0.4) is 0 Å². The Bertz CT molecular complexity index is 866. The maximum Gasteiger partial charge on any atom is 0.0371 e. The SMILES string of the molecule is CC(C)N(c1ccc(-c2ccc(-c3ccc(N(C(C)C)C(C)C)cc3)cc2)cc1)C(C)C. The van der Waals surface area contributed by atoms with Crippen LogP contribution in [0.2, 0.25) is 0 Å². The summed E-state index contributed by atoms with van der Waals surface area (Å²) in [6.45, 7) is 18.0. The van der Waals surface area contributed by atoms with E-state index >= 15 is 0 Å². The van der Waals surface area contributed by atoms with Gasteiger partial charge >= 0.3 is 0 Å². The summed E-state index contributed by atoms with van der Waals surface area (Å²) < 4.78 is 0. The second kappa shape index (κ2) is 10.3. The fourth-order valence-electron chi connectivity index (χ4n) is 4.89. The van der Waals surface area contributed by atoms with Gasteiger partial charge in [0.25, 0.3) is 0 Å². The maximum atomic E-state index is 2.45. The molecule has 3 aromatic rings. The molecule has 0 amide bonds. The zero-order chi connectivity index (χ0) is 23.4. The average Bonchev–Trinajstić information content (AvgIpc) is 2.74. The molecule has 0 fully saturated rings. The minimum Gasteiger partial charge on any atom is -0.367 e. The van der Waals surface area contributed by atoms with Crippen molar-refractivity contribution in [3.63, 3.8) is 0 Å².